The predicted molar refractivity (Wildman–Crippen MR) is 95.4 cm³/mol. The lowest BCUT2D eigenvalue weighted by molar-refractivity contribution is -0.124. The predicted octanol–water partition coefficient (Wildman–Crippen LogP) is 0.772. The minimum atomic E-state index is -3.78. The molecule has 144 valence electrons. The summed E-state index contributed by atoms with van der Waals surface area (Å²) in [4.78, 5) is 27.7. The van der Waals surface area contributed by atoms with E-state index in [0.29, 0.717) is 11.4 Å². The summed E-state index contributed by atoms with van der Waals surface area (Å²) in [5.74, 6) is -0.843. The number of hydrogen-bond acceptors (Lipinski definition) is 7. The van der Waals surface area contributed by atoms with Gasteiger partial charge in [0.15, 0.2) is 6.61 Å². The molecule has 0 aliphatic heterocycles. The maximum absolute atomic E-state index is 11.9. The maximum atomic E-state index is 11.9. The van der Waals surface area contributed by atoms with E-state index >= 15 is 0 Å². The van der Waals surface area contributed by atoms with Crippen molar-refractivity contribution in [2.75, 3.05) is 13.7 Å². The number of hydrogen-bond donors (Lipinski definition) is 2. The number of nitrogens with one attached hydrogen (secondary N) is 1. The van der Waals surface area contributed by atoms with Crippen molar-refractivity contribution in [1.29, 1.82) is 0 Å². The molecule has 9 nitrogen and oxygen atoms in total. The number of aromatic nitrogens is 1. The fourth-order valence-electron chi connectivity index (χ4n) is 2.15. The van der Waals surface area contributed by atoms with Gasteiger partial charge in [0.2, 0.25) is 15.9 Å². The monoisotopic (exact) mass is 393 g/mol. The zero-order chi connectivity index (χ0) is 20.0. The lowest BCUT2D eigenvalue weighted by Crippen LogP contribution is -2.31. The molecule has 1 atom stereocenters. The van der Waals surface area contributed by atoms with E-state index < -0.39 is 34.5 Å². The number of primary sulfonamides is 1. The standard InChI is InChI=1S/C17H19N3O6S/c1-11(12-3-6-14(7-4-12)27(18,23)24)20-15(21)10-26-17(22)13-5-8-16(25-2)19-9-13/h3-9,11H,10H2,1-2H3,(H,20,21)(H2,18,23,24). The summed E-state index contributed by atoms with van der Waals surface area (Å²) < 4.78 is 32.3. The van der Waals surface area contributed by atoms with Gasteiger partial charge < -0.3 is 14.8 Å². The molecule has 1 heterocycles. The molecule has 3 N–H and O–H groups in total. The van der Waals surface area contributed by atoms with Crippen LogP contribution in [0.2, 0.25) is 0 Å². The SMILES string of the molecule is COc1ccc(C(=O)OCC(=O)NC(C)c2ccc(S(N)(=O)=O)cc2)cn1. The van der Waals surface area contributed by atoms with Gasteiger partial charge in [-0.05, 0) is 30.7 Å². The maximum Gasteiger partial charge on any atom is 0.340 e. The Bertz CT molecular complexity index is 911. The molecule has 1 unspecified atom stereocenters. The van der Waals surface area contributed by atoms with E-state index in [1.807, 2.05) is 0 Å². The fraction of sp³-hybridized carbons (Fsp3) is 0.235. The number of nitrogens with zero attached hydrogens (tertiary/aromatic N) is 1. The van der Waals surface area contributed by atoms with Gasteiger partial charge in [0, 0.05) is 12.3 Å². The van der Waals surface area contributed by atoms with Gasteiger partial charge >= 0.3 is 5.97 Å². The topological polar surface area (TPSA) is 138 Å². The van der Waals surface area contributed by atoms with Gasteiger partial charge in [0.25, 0.3) is 5.91 Å². The third-order valence-electron chi connectivity index (χ3n) is 3.60. The summed E-state index contributed by atoms with van der Waals surface area (Å²) in [6, 6.07) is 8.34. The Morgan fingerprint density at radius 3 is 2.37 bits per heavy atom. The number of carbonyl (C=O) groups is 2. The second-order valence-corrected chi connectivity index (χ2v) is 7.13. The summed E-state index contributed by atoms with van der Waals surface area (Å²) in [6.07, 6.45) is 1.29. The van der Waals surface area contributed by atoms with Crippen molar-refractivity contribution < 1.29 is 27.5 Å². The molecule has 0 saturated heterocycles. The Hall–Kier alpha value is -2.98. The number of esters is 1. The number of carbonyl (C=O) groups excluding carboxylic acids is 2. The molecule has 0 radical (unpaired) electrons. The van der Waals surface area contributed by atoms with Crippen LogP contribution in [0.1, 0.15) is 28.9 Å². The summed E-state index contributed by atoms with van der Waals surface area (Å²) in [6.45, 7) is 1.24. The first-order valence-corrected chi connectivity index (χ1v) is 9.34. The number of ether oxygens (including phenoxy) is 2. The van der Waals surface area contributed by atoms with Crippen LogP contribution in [0, 0.1) is 0 Å². The van der Waals surface area contributed by atoms with Crippen molar-refractivity contribution >= 4 is 21.9 Å². The van der Waals surface area contributed by atoms with Crippen LogP contribution in [0.5, 0.6) is 5.88 Å². The van der Waals surface area contributed by atoms with Gasteiger partial charge in [0.1, 0.15) is 0 Å². The molecule has 0 aliphatic rings. The number of benzene rings is 1. The molecule has 27 heavy (non-hydrogen) atoms. The minimum absolute atomic E-state index is 0.0215. The summed E-state index contributed by atoms with van der Waals surface area (Å²) in [7, 11) is -2.32. The average molecular weight is 393 g/mol. The molecule has 1 aromatic carbocycles. The molecule has 1 amide bonds. The van der Waals surface area contributed by atoms with Crippen molar-refractivity contribution in [1.82, 2.24) is 10.3 Å². The molecule has 0 aliphatic carbocycles. The van der Waals surface area contributed by atoms with Crippen molar-refractivity contribution in [3.8, 4) is 5.88 Å². The number of methoxy groups -OCH3 is 1. The lowest BCUT2D eigenvalue weighted by Gasteiger charge is -2.14. The third-order valence-corrected chi connectivity index (χ3v) is 4.53. The summed E-state index contributed by atoms with van der Waals surface area (Å²) >= 11 is 0. The van der Waals surface area contributed by atoms with E-state index in [9.17, 15) is 18.0 Å². The zero-order valence-corrected chi connectivity index (χ0v) is 15.5. The second kappa shape index (κ2) is 8.60. The second-order valence-electron chi connectivity index (χ2n) is 5.57. The third kappa shape index (κ3) is 5.76. The molecule has 0 fully saturated rings. The highest BCUT2D eigenvalue weighted by Gasteiger charge is 2.14. The Balaban J connectivity index is 1.88. The lowest BCUT2D eigenvalue weighted by atomic mass is 10.1. The minimum Gasteiger partial charge on any atom is -0.481 e. The van der Waals surface area contributed by atoms with Gasteiger partial charge in [-0.15, -0.1) is 0 Å². The van der Waals surface area contributed by atoms with E-state index in [1.54, 1.807) is 19.1 Å². The van der Waals surface area contributed by atoms with E-state index in [2.05, 4.69) is 10.3 Å². The van der Waals surface area contributed by atoms with Crippen molar-refractivity contribution in [2.24, 2.45) is 5.14 Å². The first kappa shape index (κ1) is 20.3. The summed E-state index contributed by atoms with van der Waals surface area (Å²) in [5.41, 5.74) is 0.858. The summed E-state index contributed by atoms with van der Waals surface area (Å²) in [5, 5.41) is 7.69. The fourth-order valence-corrected chi connectivity index (χ4v) is 2.66. The van der Waals surface area contributed by atoms with Gasteiger partial charge in [-0.3, -0.25) is 4.79 Å². The Morgan fingerprint density at radius 1 is 1.19 bits per heavy atom. The highest BCUT2D eigenvalue weighted by atomic mass is 32.2. The Labute approximate surface area is 156 Å². The van der Waals surface area contributed by atoms with Crippen molar-refractivity contribution in [2.45, 2.75) is 17.9 Å². The van der Waals surface area contributed by atoms with Crippen molar-refractivity contribution in [3.05, 3.63) is 53.7 Å². The van der Waals surface area contributed by atoms with Crippen LogP contribution in [-0.2, 0) is 19.6 Å². The average Bonchev–Trinajstić information content (AvgIpc) is 2.65. The number of pyridine rings is 1. The molecule has 0 spiro atoms. The molecule has 0 bridgehead atoms. The number of rotatable bonds is 7. The highest BCUT2D eigenvalue weighted by molar-refractivity contribution is 7.89. The van der Waals surface area contributed by atoms with Crippen LogP contribution in [0.3, 0.4) is 0 Å². The molecular weight excluding hydrogens is 374 g/mol. The van der Waals surface area contributed by atoms with E-state index in [4.69, 9.17) is 14.6 Å². The van der Waals surface area contributed by atoms with Crippen LogP contribution in [0.25, 0.3) is 0 Å². The number of amides is 1. The van der Waals surface area contributed by atoms with Crippen molar-refractivity contribution in [3.63, 3.8) is 0 Å². The van der Waals surface area contributed by atoms with Gasteiger partial charge in [-0.25, -0.2) is 23.3 Å². The largest absolute Gasteiger partial charge is 0.481 e. The number of sulfonamides is 1. The molecular formula is C17H19N3O6S. The van der Waals surface area contributed by atoms with Crippen LogP contribution in [-0.4, -0.2) is 39.0 Å². The smallest absolute Gasteiger partial charge is 0.340 e. The highest BCUT2D eigenvalue weighted by Crippen LogP contribution is 2.15. The molecule has 2 aromatic rings. The molecule has 1 aromatic heterocycles. The van der Waals surface area contributed by atoms with E-state index in [0.717, 1.165) is 0 Å². The van der Waals surface area contributed by atoms with E-state index in [-0.39, 0.29) is 10.5 Å². The normalized spacial score (nSPS) is 12.1. The van der Waals surface area contributed by atoms with Gasteiger partial charge in [-0.1, -0.05) is 12.1 Å². The first-order chi connectivity index (χ1) is 12.7. The van der Waals surface area contributed by atoms with E-state index in [1.165, 1.54) is 37.6 Å². The van der Waals surface area contributed by atoms with Crippen LogP contribution in [0.4, 0.5) is 0 Å². The number of nitrogens with two attached hydrogens (primary N) is 1. The molecule has 10 heteroatoms. The van der Waals surface area contributed by atoms with Crippen LogP contribution < -0.4 is 15.2 Å². The quantitative estimate of drug-likeness (QED) is 0.663. The Kier molecular flexibility index (Phi) is 6.48. The molecule has 2 rings (SSSR count). The molecule has 0 saturated carbocycles. The van der Waals surface area contributed by atoms with Gasteiger partial charge in [0.05, 0.1) is 23.6 Å². The van der Waals surface area contributed by atoms with Crippen LogP contribution >= 0.6 is 0 Å². The zero-order valence-electron chi connectivity index (χ0n) is 14.7. The Morgan fingerprint density at radius 2 is 1.85 bits per heavy atom. The first-order valence-electron chi connectivity index (χ1n) is 7.80. The van der Waals surface area contributed by atoms with Crippen LogP contribution in [0.15, 0.2) is 47.5 Å². The van der Waals surface area contributed by atoms with Gasteiger partial charge in [-0.2, -0.15) is 0 Å².